The van der Waals surface area contributed by atoms with Gasteiger partial charge in [-0.2, -0.15) is 0 Å². The number of rotatable bonds is 5. The second-order valence-electron chi connectivity index (χ2n) is 7.55. The third-order valence-corrected chi connectivity index (χ3v) is 5.70. The molecule has 0 aliphatic carbocycles. The molecule has 0 atom stereocenters. The molecule has 1 aromatic heterocycles. The van der Waals surface area contributed by atoms with E-state index in [2.05, 4.69) is 29.3 Å². The Bertz CT molecular complexity index is 885. The summed E-state index contributed by atoms with van der Waals surface area (Å²) in [6, 6.07) is 4.46. The number of nitrogens with one attached hydrogen (secondary N) is 1. The van der Waals surface area contributed by atoms with E-state index in [0.717, 1.165) is 80.8 Å². The fraction of sp³-hybridized carbons (Fsp3) is 0.571. The maximum absolute atomic E-state index is 13.1. The maximum Gasteiger partial charge on any atom is 0.258 e. The molecule has 1 aromatic carbocycles. The van der Waals surface area contributed by atoms with E-state index in [1.807, 2.05) is 0 Å². The third-order valence-electron chi connectivity index (χ3n) is 5.70. The zero-order chi connectivity index (χ0) is 18.8. The van der Waals surface area contributed by atoms with Gasteiger partial charge in [-0.25, -0.2) is 0 Å². The summed E-state index contributed by atoms with van der Waals surface area (Å²) < 4.78 is 12.6. The van der Waals surface area contributed by atoms with Crippen LogP contribution in [0.25, 0.3) is 10.9 Å². The smallest absolute Gasteiger partial charge is 0.258 e. The van der Waals surface area contributed by atoms with Gasteiger partial charge in [-0.15, -0.1) is 0 Å². The van der Waals surface area contributed by atoms with Crippen LogP contribution in [0, 0.1) is 6.92 Å². The number of ether oxygens (including phenoxy) is 2. The number of anilines is 1. The minimum absolute atomic E-state index is 0.0799. The topological polar surface area (TPSA) is 55.7 Å². The molecule has 2 aliphatic rings. The number of nitrogens with zero attached hydrogens (tertiary/aromatic N) is 2. The van der Waals surface area contributed by atoms with Crippen LogP contribution in [0.2, 0.25) is 0 Å². The number of hydrogen-bond donors (Lipinski definition) is 1. The number of methoxy groups -OCH3 is 1. The highest BCUT2D eigenvalue weighted by Gasteiger charge is 2.21. The highest BCUT2D eigenvalue weighted by Crippen LogP contribution is 2.32. The highest BCUT2D eigenvalue weighted by atomic mass is 16.5. The number of aryl methyl sites for hydroxylation is 1. The van der Waals surface area contributed by atoms with Gasteiger partial charge in [0.05, 0.1) is 24.4 Å². The Hall–Kier alpha value is -1.89. The van der Waals surface area contributed by atoms with Gasteiger partial charge in [-0.05, 0) is 43.4 Å². The van der Waals surface area contributed by atoms with Crippen molar-refractivity contribution in [3.63, 3.8) is 0 Å². The van der Waals surface area contributed by atoms with E-state index in [0.29, 0.717) is 0 Å². The van der Waals surface area contributed by atoms with Crippen LogP contribution >= 0.6 is 0 Å². The molecule has 0 spiro atoms. The van der Waals surface area contributed by atoms with Crippen LogP contribution < -0.4 is 10.9 Å². The van der Waals surface area contributed by atoms with Gasteiger partial charge in [0.1, 0.15) is 6.73 Å². The van der Waals surface area contributed by atoms with Crippen LogP contribution in [0.5, 0.6) is 0 Å². The second kappa shape index (κ2) is 8.00. The Kier molecular flexibility index (Phi) is 5.48. The third kappa shape index (κ3) is 3.61. The first-order valence-electron chi connectivity index (χ1n) is 9.91. The summed E-state index contributed by atoms with van der Waals surface area (Å²) in [5, 5.41) is 4.65. The van der Waals surface area contributed by atoms with Crippen molar-refractivity contribution >= 4 is 16.6 Å². The molecule has 6 heteroatoms. The normalized spacial score (nSPS) is 17.7. The molecule has 146 valence electrons. The lowest BCUT2D eigenvalue weighted by Crippen LogP contribution is -2.37. The zero-order valence-electron chi connectivity index (χ0n) is 16.3. The molecule has 0 bridgehead atoms. The Labute approximate surface area is 160 Å². The minimum Gasteiger partial charge on any atom is -0.384 e. The van der Waals surface area contributed by atoms with E-state index in [1.165, 1.54) is 11.1 Å². The van der Waals surface area contributed by atoms with Gasteiger partial charge in [-0.3, -0.25) is 14.3 Å². The monoisotopic (exact) mass is 371 g/mol. The first kappa shape index (κ1) is 18.5. The molecular formula is C21H29N3O3. The maximum atomic E-state index is 13.1. The SMILES string of the molecule is COCn1c(=O)c2c(c3c(C)cc(CCN4CCOCC4)cc31)NCCC2. The van der Waals surface area contributed by atoms with Crippen LogP contribution in [0.15, 0.2) is 16.9 Å². The molecule has 6 nitrogen and oxygen atoms in total. The Morgan fingerprint density at radius 2 is 2.07 bits per heavy atom. The lowest BCUT2D eigenvalue weighted by molar-refractivity contribution is 0.0384. The standard InChI is InChI=1S/C21H29N3O3/c1-15-12-16(5-7-23-8-10-27-11-9-23)13-18-19(15)20-17(4-3-6-22-20)21(25)24(18)14-26-2/h12-13,22H,3-11,14H2,1-2H3. The Morgan fingerprint density at radius 3 is 2.85 bits per heavy atom. The largest absolute Gasteiger partial charge is 0.384 e. The van der Waals surface area contributed by atoms with E-state index in [9.17, 15) is 4.79 Å². The first-order chi connectivity index (χ1) is 13.2. The number of pyridine rings is 1. The van der Waals surface area contributed by atoms with Gasteiger partial charge >= 0.3 is 0 Å². The molecule has 1 N–H and O–H groups in total. The molecule has 3 heterocycles. The predicted octanol–water partition coefficient (Wildman–Crippen LogP) is 2.15. The van der Waals surface area contributed by atoms with Crippen molar-refractivity contribution in [2.45, 2.75) is 32.9 Å². The van der Waals surface area contributed by atoms with Crippen molar-refractivity contribution in [2.24, 2.45) is 0 Å². The fourth-order valence-corrected chi connectivity index (χ4v) is 4.33. The van der Waals surface area contributed by atoms with Crippen molar-refractivity contribution in [2.75, 3.05) is 51.8 Å². The summed E-state index contributed by atoms with van der Waals surface area (Å²) in [5.74, 6) is 0. The summed E-state index contributed by atoms with van der Waals surface area (Å²) in [4.78, 5) is 15.5. The second-order valence-corrected chi connectivity index (χ2v) is 7.55. The van der Waals surface area contributed by atoms with Gasteiger partial charge in [-0.1, -0.05) is 6.07 Å². The quantitative estimate of drug-likeness (QED) is 0.873. The first-order valence-corrected chi connectivity index (χ1v) is 9.91. The predicted molar refractivity (Wildman–Crippen MR) is 108 cm³/mol. The summed E-state index contributed by atoms with van der Waals surface area (Å²) in [5.41, 5.74) is 5.48. The van der Waals surface area contributed by atoms with Crippen molar-refractivity contribution < 1.29 is 9.47 Å². The molecule has 0 saturated carbocycles. The van der Waals surface area contributed by atoms with Crippen LogP contribution in [0.3, 0.4) is 0 Å². The summed E-state index contributed by atoms with van der Waals surface area (Å²) in [7, 11) is 1.64. The lowest BCUT2D eigenvalue weighted by atomic mass is 9.96. The van der Waals surface area contributed by atoms with Gasteiger partial charge < -0.3 is 14.8 Å². The minimum atomic E-state index is 0.0799. The van der Waals surface area contributed by atoms with Gasteiger partial charge in [0.15, 0.2) is 0 Å². The number of fused-ring (bicyclic) bond motifs is 3. The van der Waals surface area contributed by atoms with E-state index < -0.39 is 0 Å². The molecular weight excluding hydrogens is 342 g/mol. The fourth-order valence-electron chi connectivity index (χ4n) is 4.33. The van der Waals surface area contributed by atoms with Crippen molar-refractivity contribution in [3.8, 4) is 0 Å². The molecule has 2 aromatic rings. The highest BCUT2D eigenvalue weighted by molar-refractivity contribution is 5.96. The molecule has 27 heavy (non-hydrogen) atoms. The van der Waals surface area contributed by atoms with Crippen LogP contribution in [-0.2, 0) is 29.0 Å². The Morgan fingerprint density at radius 1 is 1.26 bits per heavy atom. The summed E-state index contributed by atoms with van der Waals surface area (Å²) in [6.45, 7) is 8.02. The van der Waals surface area contributed by atoms with Crippen LogP contribution in [0.4, 0.5) is 5.69 Å². The molecule has 1 saturated heterocycles. The molecule has 1 fully saturated rings. The molecule has 0 amide bonds. The molecule has 4 rings (SSSR count). The van der Waals surface area contributed by atoms with Crippen molar-refractivity contribution in [1.29, 1.82) is 0 Å². The summed E-state index contributed by atoms with van der Waals surface area (Å²) >= 11 is 0. The average molecular weight is 371 g/mol. The molecule has 0 unspecified atom stereocenters. The van der Waals surface area contributed by atoms with E-state index in [1.54, 1.807) is 11.7 Å². The Balaban J connectivity index is 1.75. The number of aromatic nitrogens is 1. The van der Waals surface area contributed by atoms with Gasteiger partial charge in [0, 0.05) is 44.2 Å². The van der Waals surface area contributed by atoms with E-state index >= 15 is 0 Å². The molecule has 0 radical (unpaired) electrons. The molecule has 2 aliphatic heterocycles. The van der Waals surface area contributed by atoms with Crippen LogP contribution in [0.1, 0.15) is 23.1 Å². The summed E-state index contributed by atoms with van der Waals surface area (Å²) in [6.07, 6.45) is 2.80. The zero-order valence-corrected chi connectivity index (χ0v) is 16.3. The van der Waals surface area contributed by atoms with Crippen molar-refractivity contribution in [3.05, 3.63) is 39.2 Å². The van der Waals surface area contributed by atoms with E-state index in [-0.39, 0.29) is 12.3 Å². The number of morpholine rings is 1. The lowest BCUT2D eigenvalue weighted by Gasteiger charge is -2.27. The van der Waals surface area contributed by atoms with E-state index in [4.69, 9.17) is 9.47 Å². The number of benzene rings is 1. The van der Waals surface area contributed by atoms with Gasteiger partial charge in [0.2, 0.25) is 0 Å². The van der Waals surface area contributed by atoms with Crippen molar-refractivity contribution in [1.82, 2.24) is 9.47 Å². The average Bonchev–Trinajstić information content (AvgIpc) is 2.70. The number of hydrogen-bond acceptors (Lipinski definition) is 5. The van der Waals surface area contributed by atoms with Gasteiger partial charge in [0.25, 0.3) is 5.56 Å². The van der Waals surface area contributed by atoms with Crippen LogP contribution in [-0.4, -0.2) is 56.0 Å².